The number of methoxy groups -OCH3 is 1. The third-order valence-corrected chi connectivity index (χ3v) is 13.3. The fourth-order valence-corrected chi connectivity index (χ4v) is 11.6. The predicted molar refractivity (Wildman–Crippen MR) is 131 cm³/mol. The Hall–Kier alpha value is -0.360. The van der Waals surface area contributed by atoms with Gasteiger partial charge in [0, 0.05) is 62.3 Å². The molecule has 0 aromatic rings. The van der Waals surface area contributed by atoms with Crippen LogP contribution in [0.3, 0.4) is 0 Å². The Labute approximate surface area is 218 Å². The Morgan fingerprint density at radius 1 is 0.865 bits per heavy atom. The number of aliphatic hydroxyl groups excluding tert-OH is 1. The average Bonchev–Trinajstić information content (AvgIpc) is 2.99. The van der Waals surface area contributed by atoms with Gasteiger partial charge in [0.05, 0.1) is 11.7 Å². The number of ether oxygens (including phenoxy) is 2. The molecule has 14 atom stereocenters. The van der Waals surface area contributed by atoms with Gasteiger partial charge in [-0.15, -0.1) is 0 Å². The fraction of sp³-hybridized carbons (Fsp3) is 1.00. The van der Waals surface area contributed by atoms with Crippen molar-refractivity contribution in [3.05, 3.63) is 0 Å². The molecule has 9 heteroatoms. The zero-order chi connectivity index (χ0) is 26.6. The van der Waals surface area contributed by atoms with Crippen LogP contribution >= 0.6 is 0 Å². The Bertz CT molecular complexity index is 1010. The molecule has 0 aromatic carbocycles. The molecule has 1 spiro atoms. The number of nitrogens with zero attached hydrogens (tertiary/aromatic N) is 1. The molecule has 37 heavy (non-hydrogen) atoms. The van der Waals surface area contributed by atoms with E-state index in [4.69, 9.17) is 9.47 Å². The van der Waals surface area contributed by atoms with Crippen molar-refractivity contribution in [1.82, 2.24) is 4.90 Å². The highest BCUT2D eigenvalue weighted by molar-refractivity contribution is 5.37. The summed E-state index contributed by atoms with van der Waals surface area (Å²) in [5.41, 5.74) is -8.79. The maximum atomic E-state index is 12.8. The lowest BCUT2D eigenvalue weighted by Crippen LogP contribution is -2.85. The van der Waals surface area contributed by atoms with E-state index in [-0.39, 0.29) is 31.3 Å². The van der Waals surface area contributed by atoms with Crippen molar-refractivity contribution in [2.45, 2.75) is 124 Å². The number of hydrogen-bond donors (Lipinski definition) is 6. The second-order valence-corrected chi connectivity index (χ2v) is 14.5. The van der Waals surface area contributed by atoms with Gasteiger partial charge in [-0.3, -0.25) is 4.90 Å². The van der Waals surface area contributed by atoms with Crippen LogP contribution in [0.1, 0.15) is 72.1 Å². The van der Waals surface area contributed by atoms with Crippen LogP contribution in [-0.4, -0.2) is 108 Å². The molecule has 0 radical (unpaired) electrons. The molecule has 3 aliphatic heterocycles. The van der Waals surface area contributed by atoms with Crippen molar-refractivity contribution < 1.29 is 40.1 Å². The summed E-state index contributed by atoms with van der Waals surface area (Å²) in [5.74, 6) is -2.84. The zero-order valence-electron chi connectivity index (χ0n) is 22.6. The molecule has 4 aliphatic carbocycles. The largest absolute Gasteiger partial charge is 0.390 e. The third-order valence-electron chi connectivity index (χ3n) is 13.3. The van der Waals surface area contributed by atoms with Gasteiger partial charge in [-0.25, -0.2) is 0 Å². The SMILES string of the molecule is CO[C@H]1CC[C@@]2(C)[C@@H]3CC[C@H]4[C@]5(O)C[C@H](O)[C@@]6(O)[C@@H](CN7C[C@@H](C)CC[C@H]7[C@@]6(C)O)[C@]5(O)C[C@@]42O[C@]13O. The van der Waals surface area contributed by atoms with Crippen molar-refractivity contribution in [2.24, 2.45) is 29.1 Å². The van der Waals surface area contributed by atoms with Crippen LogP contribution in [0, 0.1) is 29.1 Å². The molecule has 9 nitrogen and oxygen atoms in total. The second-order valence-electron chi connectivity index (χ2n) is 14.5. The van der Waals surface area contributed by atoms with Crippen LogP contribution in [0.25, 0.3) is 0 Å². The molecule has 0 aromatic heterocycles. The van der Waals surface area contributed by atoms with Gasteiger partial charge >= 0.3 is 0 Å². The maximum Gasteiger partial charge on any atom is 0.196 e. The van der Waals surface area contributed by atoms with Crippen LogP contribution in [-0.2, 0) is 9.47 Å². The van der Waals surface area contributed by atoms with Gasteiger partial charge in [0.2, 0.25) is 0 Å². The van der Waals surface area contributed by atoms with Gasteiger partial charge < -0.3 is 40.1 Å². The van der Waals surface area contributed by atoms with E-state index in [0.717, 1.165) is 19.4 Å². The lowest BCUT2D eigenvalue weighted by molar-refractivity contribution is -0.354. The molecule has 3 saturated heterocycles. The van der Waals surface area contributed by atoms with Crippen molar-refractivity contribution in [3.63, 3.8) is 0 Å². The fourth-order valence-electron chi connectivity index (χ4n) is 11.6. The highest BCUT2D eigenvalue weighted by atomic mass is 16.7. The third kappa shape index (κ3) is 2.48. The number of rotatable bonds is 1. The Morgan fingerprint density at radius 3 is 2.27 bits per heavy atom. The van der Waals surface area contributed by atoms with E-state index in [2.05, 4.69) is 18.7 Å². The van der Waals surface area contributed by atoms with Gasteiger partial charge in [-0.2, -0.15) is 0 Å². The molecule has 0 unspecified atom stereocenters. The first kappa shape index (κ1) is 25.6. The molecule has 3 heterocycles. The quantitative estimate of drug-likeness (QED) is 0.283. The van der Waals surface area contributed by atoms with E-state index < -0.39 is 63.3 Å². The van der Waals surface area contributed by atoms with Crippen molar-refractivity contribution >= 4 is 0 Å². The first-order valence-electron chi connectivity index (χ1n) is 14.4. The van der Waals surface area contributed by atoms with E-state index in [1.807, 2.05) is 0 Å². The van der Waals surface area contributed by atoms with E-state index in [9.17, 15) is 30.6 Å². The van der Waals surface area contributed by atoms with Gasteiger partial charge in [0.25, 0.3) is 0 Å². The molecule has 210 valence electrons. The average molecular weight is 524 g/mol. The summed E-state index contributed by atoms with van der Waals surface area (Å²) in [4.78, 5) is 2.15. The molecular weight excluding hydrogens is 478 g/mol. The lowest BCUT2D eigenvalue weighted by Gasteiger charge is -2.68. The molecule has 7 aliphatic rings. The van der Waals surface area contributed by atoms with Gasteiger partial charge in [-0.1, -0.05) is 13.8 Å². The smallest absolute Gasteiger partial charge is 0.196 e. The minimum Gasteiger partial charge on any atom is -0.390 e. The molecule has 7 rings (SSSR count). The first-order chi connectivity index (χ1) is 17.2. The summed E-state index contributed by atoms with van der Waals surface area (Å²) >= 11 is 0. The number of aliphatic hydroxyl groups is 6. The van der Waals surface area contributed by atoms with Gasteiger partial charge in [0.15, 0.2) is 5.79 Å². The first-order valence-corrected chi connectivity index (χ1v) is 14.4. The number of piperidine rings is 2. The molecule has 6 N–H and O–H groups in total. The highest BCUT2D eigenvalue weighted by Crippen LogP contribution is 2.78. The minimum atomic E-state index is -2.00. The van der Waals surface area contributed by atoms with E-state index in [1.54, 1.807) is 14.0 Å². The summed E-state index contributed by atoms with van der Waals surface area (Å²) in [6, 6.07) is -0.344. The van der Waals surface area contributed by atoms with Crippen molar-refractivity contribution in [3.8, 4) is 0 Å². The topological polar surface area (TPSA) is 143 Å². The van der Waals surface area contributed by atoms with Crippen LogP contribution in [0.2, 0.25) is 0 Å². The van der Waals surface area contributed by atoms with Crippen LogP contribution in [0.5, 0.6) is 0 Å². The van der Waals surface area contributed by atoms with E-state index in [0.29, 0.717) is 31.6 Å². The number of hydrogen-bond acceptors (Lipinski definition) is 9. The van der Waals surface area contributed by atoms with Gasteiger partial charge in [-0.05, 0) is 51.4 Å². The summed E-state index contributed by atoms with van der Waals surface area (Å²) in [6.45, 7) is 6.85. The summed E-state index contributed by atoms with van der Waals surface area (Å²) in [5, 5.41) is 73.1. The zero-order valence-corrected chi connectivity index (χ0v) is 22.6. The summed E-state index contributed by atoms with van der Waals surface area (Å²) in [6.07, 6.45) is 1.97. The molecular formula is C28H45NO8. The monoisotopic (exact) mass is 523 g/mol. The Kier molecular flexibility index (Phi) is 4.91. The van der Waals surface area contributed by atoms with Crippen LogP contribution in [0.15, 0.2) is 0 Å². The van der Waals surface area contributed by atoms with Crippen molar-refractivity contribution in [1.29, 1.82) is 0 Å². The molecule has 0 amide bonds. The summed E-state index contributed by atoms with van der Waals surface area (Å²) in [7, 11) is 1.58. The Balaban J connectivity index is 1.38. The molecule has 7 fully saturated rings. The predicted octanol–water partition coefficient (Wildman–Crippen LogP) is 0.128. The van der Waals surface area contributed by atoms with Gasteiger partial charge in [0.1, 0.15) is 28.5 Å². The van der Waals surface area contributed by atoms with Crippen molar-refractivity contribution in [2.75, 3.05) is 20.2 Å². The molecule has 4 saturated carbocycles. The van der Waals surface area contributed by atoms with Crippen LogP contribution in [0.4, 0.5) is 0 Å². The minimum absolute atomic E-state index is 0.0384. The molecule has 4 bridgehead atoms. The maximum absolute atomic E-state index is 12.8. The van der Waals surface area contributed by atoms with Crippen LogP contribution < -0.4 is 0 Å². The Morgan fingerprint density at radius 2 is 1.57 bits per heavy atom. The normalized spacial score (nSPS) is 66.5. The second kappa shape index (κ2) is 7.09. The van der Waals surface area contributed by atoms with E-state index >= 15 is 0 Å². The van der Waals surface area contributed by atoms with E-state index in [1.165, 1.54) is 0 Å². The lowest BCUT2D eigenvalue weighted by atomic mass is 9.49. The highest BCUT2D eigenvalue weighted by Gasteiger charge is 2.88. The standard InChI is InChI=1S/C28H45NO8/c1-15-5-8-19-23(3,31)27(34)18(13-29(19)12-15)25(33)14-26-17(24(25,32)11-20(27)30)7-6-16-22(26,2)10-9-21(36-4)28(16,35)37-26/h15-21,30-35H,5-14H2,1-4H3/t15-,16-,17-,18-,19-,20-,21-,22-,23+,24+,25+,26+,27-,28-/m0/s1. The number of fused-ring (bicyclic) bond motifs is 5. The summed E-state index contributed by atoms with van der Waals surface area (Å²) < 4.78 is 12.4.